The third-order valence-electron chi connectivity index (χ3n) is 5.53. The Morgan fingerprint density at radius 1 is 1.00 bits per heavy atom. The fourth-order valence-electron chi connectivity index (χ4n) is 3.66. The Morgan fingerprint density at radius 2 is 1.69 bits per heavy atom. The van der Waals surface area contributed by atoms with Gasteiger partial charge < -0.3 is 10.2 Å². The van der Waals surface area contributed by atoms with Crippen LogP contribution in [0.1, 0.15) is 19.8 Å². The van der Waals surface area contributed by atoms with Gasteiger partial charge in [0.2, 0.25) is 11.8 Å². The second kappa shape index (κ2) is 7.08. The van der Waals surface area contributed by atoms with Crippen LogP contribution in [0.25, 0.3) is 10.8 Å². The first-order chi connectivity index (χ1) is 12.6. The number of hydrogen-bond donors (Lipinski definition) is 1. The molecule has 5 nitrogen and oxygen atoms in total. The summed E-state index contributed by atoms with van der Waals surface area (Å²) in [5.41, 5.74) is 0.850. The number of amides is 2. The normalized spacial score (nSPS) is 19.3. The molecule has 0 aromatic heterocycles. The molecule has 5 heteroatoms. The third kappa shape index (κ3) is 3.44. The molecular weight excluding hydrogens is 326 g/mol. The van der Waals surface area contributed by atoms with Crippen molar-refractivity contribution in [3.8, 4) is 0 Å². The average Bonchev–Trinajstić information content (AvgIpc) is 3.52. The van der Waals surface area contributed by atoms with Crippen molar-refractivity contribution in [2.75, 3.05) is 31.5 Å². The predicted molar refractivity (Wildman–Crippen MR) is 103 cm³/mol. The van der Waals surface area contributed by atoms with E-state index in [4.69, 9.17) is 0 Å². The van der Waals surface area contributed by atoms with Gasteiger partial charge in [0, 0.05) is 43.2 Å². The molecule has 1 aliphatic heterocycles. The van der Waals surface area contributed by atoms with Crippen molar-refractivity contribution in [1.29, 1.82) is 0 Å². The molecule has 1 aliphatic carbocycles. The van der Waals surface area contributed by atoms with E-state index < -0.39 is 0 Å². The molecule has 0 spiro atoms. The number of rotatable bonds is 4. The maximum Gasteiger partial charge on any atom is 0.241 e. The molecule has 1 atom stereocenters. The lowest BCUT2D eigenvalue weighted by Gasteiger charge is -2.37. The number of carbonyl (C=O) groups is 2. The Morgan fingerprint density at radius 3 is 2.42 bits per heavy atom. The van der Waals surface area contributed by atoms with Crippen molar-refractivity contribution >= 4 is 28.3 Å². The summed E-state index contributed by atoms with van der Waals surface area (Å²) in [4.78, 5) is 29.0. The molecule has 1 saturated heterocycles. The number of anilines is 1. The van der Waals surface area contributed by atoms with E-state index in [1.807, 2.05) is 54.3 Å². The largest absolute Gasteiger partial charge is 0.340 e. The van der Waals surface area contributed by atoms with Crippen LogP contribution in [0.15, 0.2) is 42.5 Å². The van der Waals surface area contributed by atoms with E-state index in [1.165, 1.54) is 0 Å². The van der Waals surface area contributed by atoms with Crippen molar-refractivity contribution in [3.63, 3.8) is 0 Å². The standard InChI is InChI=1S/C21H25N3O2/c1-15(23-11-13-24(14-12-23)21(26)17-9-10-17)20(25)22-19-8-4-6-16-5-2-3-7-18(16)19/h2-8,15,17H,9-14H2,1H3,(H,22,25)/t15-/m1/s1. The number of piperazine rings is 1. The monoisotopic (exact) mass is 351 g/mol. The third-order valence-corrected chi connectivity index (χ3v) is 5.53. The maximum atomic E-state index is 12.8. The van der Waals surface area contributed by atoms with Crippen LogP contribution in [-0.4, -0.2) is 53.8 Å². The average molecular weight is 351 g/mol. The lowest BCUT2D eigenvalue weighted by Crippen LogP contribution is -2.54. The van der Waals surface area contributed by atoms with E-state index in [9.17, 15) is 9.59 Å². The summed E-state index contributed by atoms with van der Waals surface area (Å²) in [6, 6.07) is 13.8. The molecule has 2 aliphatic rings. The van der Waals surface area contributed by atoms with Crippen LogP contribution in [-0.2, 0) is 9.59 Å². The number of carbonyl (C=O) groups excluding carboxylic acids is 2. The van der Waals surface area contributed by atoms with Crippen LogP contribution < -0.4 is 5.32 Å². The summed E-state index contributed by atoms with van der Waals surface area (Å²) in [5, 5.41) is 5.25. The molecule has 0 unspecified atom stereocenters. The van der Waals surface area contributed by atoms with E-state index >= 15 is 0 Å². The molecule has 1 N–H and O–H groups in total. The quantitative estimate of drug-likeness (QED) is 0.921. The Labute approximate surface area is 154 Å². The van der Waals surface area contributed by atoms with Gasteiger partial charge in [-0.1, -0.05) is 36.4 Å². The number of fused-ring (bicyclic) bond motifs is 1. The van der Waals surface area contributed by atoms with Gasteiger partial charge in [0.1, 0.15) is 0 Å². The molecule has 26 heavy (non-hydrogen) atoms. The number of benzene rings is 2. The van der Waals surface area contributed by atoms with Gasteiger partial charge in [-0.05, 0) is 31.2 Å². The van der Waals surface area contributed by atoms with Crippen LogP contribution in [0.3, 0.4) is 0 Å². The molecule has 2 aromatic rings. The molecule has 2 aromatic carbocycles. The topological polar surface area (TPSA) is 52.7 Å². The minimum Gasteiger partial charge on any atom is -0.340 e. The number of nitrogens with one attached hydrogen (secondary N) is 1. The van der Waals surface area contributed by atoms with E-state index in [0.717, 1.165) is 55.5 Å². The van der Waals surface area contributed by atoms with Crippen molar-refractivity contribution < 1.29 is 9.59 Å². The second-order valence-corrected chi connectivity index (χ2v) is 7.33. The predicted octanol–water partition coefficient (Wildman–Crippen LogP) is 2.72. The lowest BCUT2D eigenvalue weighted by atomic mass is 10.1. The number of hydrogen-bond acceptors (Lipinski definition) is 3. The first-order valence-electron chi connectivity index (χ1n) is 9.45. The Kier molecular flexibility index (Phi) is 4.64. The van der Waals surface area contributed by atoms with E-state index in [2.05, 4.69) is 10.2 Å². The highest BCUT2D eigenvalue weighted by atomic mass is 16.2. The summed E-state index contributed by atoms with van der Waals surface area (Å²) in [7, 11) is 0. The lowest BCUT2D eigenvalue weighted by molar-refractivity contribution is -0.135. The first-order valence-corrected chi connectivity index (χ1v) is 9.45. The van der Waals surface area contributed by atoms with E-state index in [1.54, 1.807) is 0 Å². The van der Waals surface area contributed by atoms with Gasteiger partial charge >= 0.3 is 0 Å². The molecule has 2 amide bonds. The van der Waals surface area contributed by atoms with Crippen molar-refractivity contribution in [2.45, 2.75) is 25.8 Å². The van der Waals surface area contributed by atoms with Crippen LogP contribution in [0.4, 0.5) is 5.69 Å². The van der Waals surface area contributed by atoms with E-state index in [0.29, 0.717) is 5.91 Å². The summed E-state index contributed by atoms with van der Waals surface area (Å²) >= 11 is 0. The molecule has 4 rings (SSSR count). The van der Waals surface area contributed by atoms with Crippen molar-refractivity contribution in [3.05, 3.63) is 42.5 Å². The summed E-state index contributed by atoms with van der Waals surface area (Å²) in [5.74, 6) is 0.578. The van der Waals surface area contributed by atoms with Gasteiger partial charge in [0.05, 0.1) is 6.04 Å². The number of nitrogens with zero attached hydrogens (tertiary/aromatic N) is 2. The highest BCUT2D eigenvalue weighted by Gasteiger charge is 2.35. The molecule has 1 heterocycles. The molecule has 136 valence electrons. The van der Waals surface area contributed by atoms with Gasteiger partial charge in [-0.2, -0.15) is 0 Å². The molecular formula is C21H25N3O2. The van der Waals surface area contributed by atoms with Gasteiger partial charge in [-0.3, -0.25) is 14.5 Å². The van der Waals surface area contributed by atoms with Crippen LogP contribution in [0, 0.1) is 5.92 Å². The summed E-state index contributed by atoms with van der Waals surface area (Å²) < 4.78 is 0. The van der Waals surface area contributed by atoms with Crippen molar-refractivity contribution in [2.24, 2.45) is 5.92 Å². The van der Waals surface area contributed by atoms with Crippen LogP contribution in [0.5, 0.6) is 0 Å². The maximum absolute atomic E-state index is 12.8. The molecule has 2 fully saturated rings. The zero-order chi connectivity index (χ0) is 18.1. The highest BCUT2D eigenvalue weighted by molar-refractivity contribution is 6.03. The molecule has 0 radical (unpaired) electrons. The molecule has 1 saturated carbocycles. The Hall–Kier alpha value is -2.40. The van der Waals surface area contributed by atoms with E-state index in [-0.39, 0.29) is 17.9 Å². The zero-order valence-electron chi connectivity index (χ0n) is 15.1. The highest BCUT2D eigenvalue weighted by Crippen LogP contribution is 2.31. The van der Waals surface area contributed by atoms with Gasteiger partial charge in [-0.15, -0.1) is 0 Å². The summed E-state index contributed by atoms with van der Waals surface area (Å²) in [6.07, 6.45) is 2.09. The summed E-state index contributed by atoms with van der Waals surface area (Å²) in [6.45, 7) is 4.90. The fourth-order valence-corrected chi connectivity index (χ4v) is 3.66. The fraction of sp³-hybridized carbons (Fsp3) is 0.429. The van der Waals surface area contributed by atoms with Crippen molar-refractivity contribution in [1.82, 2.24) is 9.80 Å². The van der Waals surface area contributed by atoms with Gasteiger partial charge in [0.25, 0.3) is 0 Å². The van der Waals surface area contributed by atoms with Gasteiger partial charge in [0.15, 0.2) is 0 Å². The second-order valence-electron chi connectivity index (χ2n) is 7.33. The first kappa shape index (κ1) is 17.0. The van der Waals surface area contributed by atoms with Crippen LogP contribution in [0.2, 0.25) is 0 Å². The molecule has 0 bridgehead atoms. The minimum absolute atomic E-state index is 0.00308. The zero-order valence-corrected chi connectivity index (χ0v) is 15.1. The van der Waals surface area contributed by atoms with Crippen LogP contribution >= 0.6 is 0 Å². The minimum atomic E-state index is -0.216. The SMILES string of the molecule is C[C@H](C(=O)Nc1cccc2ccccc12)N1CCN(C(=O)C2CC2)CC1. The van der Waals surface area contributed by atoms with Gasteiger partial charge in [-0.25, -0.2) is 0 Å². The smallest absolute Gasteiger partial charge is 0.241 e. The Bertz CT molecular complexity index is 818. The Balaban J connectivity index is 1.38.